The fraction of sp³-hybridized carbons (Fsp3) is 0.412. The summed E-state index contributed by atoms with van der Waals surface area (Å²) in [5.74, 6) is 0.0771. The lowest BCUT2D eigenvalue weighted by molar-refractivity contribution is 0.0466. The molecular weight excluding hydrogens is 314 g/mol. The van der Waals surface area contributed by atoms with Crippen molar-refractivity contribution in [1.29, 1.82) is 0 Å². The second kappa shape index (κ2) is 6.72. The fourth-order valence-corrected chi connectivity index (χ4v) is 3.26. The van der Waals surface area contributed by atoms with Gasteiger partial charge in [-0.15, -0.1) is 0 Å². The van der Waals surface area contributed by atoms with Gasteiger partial charge in [0.1, 0.15) is 0 Å². The van der Waals surface area contributed by atoms with Crippen LogP contribution >= 0.6 is 11.6 Å². The normalized spacial score (nSPS) is 19.6. The van der Waals surface area contributed by atoms with E-state index in [0.717, 1.165) is 18.4 Å². The molecule has 0 bridgehead atoms. The quantitative estimate of drug-likeness (QED) is 0.907. The number of halogens is 1. The van der Waals surface area contributed by atoms with Crippen molar-refractivity contribution in [3.8, 4) is 11.3 Å². The van der Waals surface area contributed by atoms with Crippen LogP contribution in [0.15, 0.2) is 30.5 Å². The molecule has 2 atom stereocenters. The lowest BCUT2D eigenvalue weighted by atomic mass is 9.93. The summed E-state index contributed by atoms with van der Waals surface area (Å²) in [6.45, 7) is 3.08. The van der Waals surface area contributed by atoms with E-state index < -0.39 is 6.10 Å². The number of nitrogens with one attached hydrogen (secondary N) is 1. The SMILES string of the molecule is CC(O)C1CCCN(C(=O)c2cn[nH]c2-c2cccc(Cl)c2)C1. The monoisotopic (exact) mass is 333 g/mol. The molecule has 2 heterocycles. The maximum Gasteiger partial charge on any atom is 0.257 e. The third-order valence-electron chi connectivity index (χ3n) is 4.41. The van der Waals surface area contributed by atoms with Crippen LogP contribution < -0.4 is 0 Å². The van der Waals surface area contributed by atoms with Crippen molar-refractivity contribution in [3.63, 3.8) is 0 Å². The third kappa shape index (κ3) is 3.41. The van der Waals surface area contributed by atoms with E-state index in [1.54, 1.807) is 30.2 Å². The minimum atomic E-state index is -0.401. The molecule has 1 saturated heterocycles. The highest BCUT2D eigenvalue weighted by molar-refractivity contribution is 6.30. The minimum absolute atomic E-state index is 0.0564. The molecule has 6 heteroatoms. The first-order valence-corrected chi connectivity index (χ1v) is 8.20. The van der Waals surface area contributed by atoms with Crippen molar-refractivity contribution in [3.05, 3.63) is 41.0 Å². The van der Waals surface area contributed by atoms with Crippen LogP contribution in [0, 0.1) is 5.92 Å². The average molecular weight is 334 g/mol. The van der Waals surface area contributed by atoms with Gasteiger partial charge < -0.3 is 10.0 Å². The number of rotatable bonds is 3. The van der Waals surface area contributed by atoms with Gasteiger partial charge in [0, 0.05) is 29.6 Å². The van der Waals surface area contributed by atoms with Gasteiger partial charge in [0.15, 0.2) is 0 Å². The molecule has 122 valence electrons. The van der Waals surface area contributed by atoms with E-state index in [0.29, 0.717) is 29.4 Å². The fourth-order valence-electron chi connectivity index (χ4n) is 3.07. The summed E-state index contributed by atoms with van der Waals surface area (Å²) in [5.41, 5.74) is 2.05. The maximum atomic E-state index is 12.9. The summed E-state index contributed by atoms with van der Waals surface area (Å²) in [7, 11) is 0. The molecule has 1 fully saturated rings. The molecule has 2 N–H and O–H groups in total. The van der Waals surface area contributed by atoms with Crippen molar-refractivity contribution in [2.75, 3.05) is 13.1 Å². The number of aliphatic hydroxyl groups is 1. The summed E-state index contributed by atoms with van der Waals surface area (Å²) in [6.07, 6.45) is 3.02. The molecule has 0 radical (unpaired) electrons. The van der Waals surface area contributed by atoms with Gasteiger partial charge in [0.2, 0.25) is 0 Å². The van der Waals surface area contributed by atoms with Crippen LogP contribution in [0.4, 0.5) is 0 Å². The largest absolute Gasteiger partial charge is 0.393 e. The molecule has 1 aliphatic heterocycles. The van der Waals surface area contributed by atoms with Crippen LogP contribution in [-0.4, -0.2) is 45.3 Å². The van der Waals surface area contributed by atoms with E-state index in [1.807, 2.05) is 12.1 Å². The molecule has 5 nitrogen and oxygen atoms in total. The van der Waals surface area contributed by atoms with E-state index in [2.05, 4.69) is 10.2 Å². The van der Waals surface area contributed by atoms with Gasteiger partial charge in [-0.1, -0.05) is 23.7 Å². The molecule has 2 aromatic rings. The molecule has 0 aliphatic carbocycles. The van der Waals surface area contributed by atoms with Gasteiger partial charge in [-0.3, -0.25) is 9.89 Å². The molecule has 1 amide bonds. The van der Waals surface area contributed by atoms with Crippen molar-refractivity contribution in [2.24, 2.45) is 5.92 Å². The molecule has 0 saturated carbocycles. The van der Waals surface area contributed by atoms with Crippen LogP contribution in [0.2, 0.25) is 5.02 Å². The van der Waals surface area contributed by atoms with Crippen LogP contribution in [0.3, 0.4) is 0 Å². The number of benzene rings is 1. The molecule has 0 spiro atoms. The first kappa shape index (κ1) is 16.0. The van der Waals surface area contributed by atoms with Crippen LogP contribution in [-0.2, 0) is 0 Å². The zero-order valence-electron chi connectivity index (χ0n) is 13.0. The second-order valence-electron chi connectivity index (χ2n) is 6.06. The number of aromatic amines is 1. The molecule has 1 aliphatic rings. The standard InChI is InChI=1S/C17H20ClN3O2/c1-11(22)13-5-3-7-21(10-13)17(23)15-9-19-20-16(15)12-4-2-6-14(18)8-12/h2,4,6,8-9,11,13,22H,3,5,7,10H2,1H3,(H,19,20). The van der Waals surface area contributed by atoms with Gasteiger partial charge in [0.05, 0.1) is 23.6 Å². The number of aliphatic hydroxyl groups excluding tert-OH is 1. The number of hydrogen-bond donors (Lipinski definition) is 2. The van der Waals surface area contributed by atoms with E-state index in [1.165, 1.54) is 0 Å². The van der Waals surface area contributed by atoms with Gasteiger partial charge >= 0.3 is 0 Å². The lowest BCUT2D eigenvalue weighted by Gasteiger charge is -2.34. The Labute approximate surface area is 140 Å². The van der Waals surface area contributed by atoms with Gasteiger partial charge in [-0.25, -0.2) is 0 Å². The maximum absolute atomic E-state index is 12.9. The number of nitrogens with zero attached hydrogens (tertiary/aromatic N) is 2. The second-order valence-corrected chi connectivity index (χ2v) is 6.50. The van der Waals surface area contributed by atoms with Gasteiger partial charge in [-0.05, 0) is 31.9 Å². The Morgan fingerprint density at radius 1 is 1.52 bits per heavy atom. The van der Waals surface area contributed by atoms with Crippen LogP contribution in [0.5, 0.6) is 0 Å². The van der Waals surface area contributed by atoms with E-state index in [4.69, 9.17) is 11.6 Å². The highest BCUT2D eigenvalue weighted by Gasteiger charge is 2.29. The molecular formula is C17H20ClN3O2. The summed E-state index contributed by atoms with van der Waals surface area (Å²) in [4.78, 5) is 14.7. The number of hydrogen-bond acceptors (Lipinski definition) is 3. The van der Waals surface area contributed by atoms with Crippen molar-refractivity contribution >= 4 is 17.5 Å². The predicted octanol–water partition coefficient (Wildman–Crippen LogP) is 2.96. The molecule has 1 aromatic carbocycles. The number of H-pyrrole nitrogens is 1. The Morgan fingerprint density at radius 2 is 2.35 bits per heavy atom. The summed E-state index contributed by atoms with van der Waals surface area (Å²) in [6, 6.07) is 7.34. The Morgan fingerprint density at radius 3 is 3.09 bits per heavy atom. The van der Waals surface area contributed by atoms with Crippen LogP contribution in [0.1, 0.15) is 30.1 Å². The molecule has 23 heavy (non-hydrogen) atoms. The summed E-state index contributed by atoms with van der Waals surface area (Å²) < 4.78 is 0. The lowest BCUT2D eigenvalue weighted by Crippen LogP contribution is -2.43. The number of carbonyl (C=O) groups is 1. The van der Waals surface area contributed by atoms with Crippen molar-refractivity contribution < 1.29 is 9.90 Å². The Hall–Kier alpha value is -1.85. The first-order chi connectivity index (χ1) is 11.1. The summed E-state index contributed by atoms with van der Waals surface area (Å²) >= 11 is 6.04. The van der Waals surface area contributed by atoms with E-state index in [-0.39, 0.29) is 11.8 Å². The number of amides is 1. The number of likely N-dealkylation sites (tertiary alicyclic amines) is 1. The number of aromatic nitrogens is 2. The van der Waals surface area contributed by atoms with Crippen molar-refractivity contribution in [1.82, 2.24) is 15.1 Å². The Kier molecular flexibility index (Phi) is 4.68. The highest BCUT2D eigenvalue weighted by atomic mass is 35.5. The highest BCUT2D eigenvalue weighted by Crippen LogP contribution is 2.27. The zero-order chi connectivity index (χ0) is 16.4. The Balaban J connectivity index is 1.85. The minimum Gasteiger partial charge on any atom is -0.393 e. The average Bonchev–Trinajstić information content (AvgIpc) is 3.04. The van der Waals surface area contributed by atoms with Gasteiger partial charge in [-0.2, -0.15) is 5.10 Å². The van der Waals surface area contributed by atoms with Crippen molar-refractivity contribution in [2.45, 2.75) is 25.9 Å². The molecule has 3 rings (SSSR count). The third-order valence-corrected chi connectivity index (χ3v) is 4.65. The molecule has 1 aromatic heterocycles. The zero-order valence-corrected chi connectivity index (χ0v) is 13.8. The predicted molar refractivity (Wildman–Crippen MR) is 89.3 cm³/mol. The van der Waals surface area contributed by atoms with E-state index >= 15 is 0 Å². The van der Waals surface area contributed by atoms with Gasteiger partial charge in [0.25, 0.3) is 5.91 Å². The Bertz CT molecular complexity index is 699. The smallest absolute Gasteiger partial charge is 0.257 e. The number of piperidine rings is 1. The number of carbonyl (C=O) groups excluding carboxylic acids is 1. The molecule has 2 unspecified atom stereocenters. The van der Waals surface area contributed by atoms with Crippen LogP contribution in [0.25, 0.3) is 11.3 Å². The van der Waals surface area contributed by atoms with E-state index in [9.17, 15) is 9.90 Å². The first-order valence-electron chi connectivity index (χ1n) is 7.83. The topological polar surface area (TPSA) is 69.2 Å². The summed E-state index contributed by atoms with van der Waals surface area (Å²) in [5, 5.41) is 17.3.